The Morgan fingerprint density at radius 1 is 1.23 bits per heavy atom. The number of carbonyl (C=O) groups is 3. The molecular weight excluding hydrogens is 320 g/mol. The van der Waals surface area contributed by atoms with Crippen molar-refractivity contribution in [1.82, 2.24) is 20.6 Å². The number of carboxylic acids is 1. The van der Waals surface area contributed by atoms with Gasteiger partial charge in [-0.25, -0.2) is 14.8 Å². The normalized spacial score (nSPS) is 10.9. The van der Waals surface area contributed by atoms with Crippen molar-refractivity contribution < 1.29 is 19.5 Å². The van der Waals surface area contributed by atoms with Gasteiger partial charge >= 0.3 is 12.0 Å². The van der Waals surface area contributed by atoms with E-state index in [0.29, 0.717) is 0 Å². The summed E-state index contributed by atoms with van der Waals surface area (Å²) >= 11 is 5.61. The van der Waals surface area contributed by atoms with Crippen LogP contribution >= 0.6 is 11.6 Å². The van der Waals surface area contributed by atoms with E-state index in [1.165, 1.54) is 0 Å². The van der Waals surface area contributed by atoms with Crippen LogP contribution in [0.2, 0.25) is 5.15 Å². The number of rotatable bonds is 3. The summed E-state index contributed by atoms with van der Waals surface area (Å²) in [6.07, 6.45) is 0. The molecule has 1 aromatic rings. The first-order valence-corrected chi connectivity index (χ1v) is 5.82. The number of aliphatic carboxylic acids is 1. The maximum Gasteiger partial charge on any atom is 0.344 e. The molecule has 118 valence electrons. The predicted molar refractivity (Wildman–Crippen MR) is 76.0 cm³/mol. The molecule has 0 unspecified atom stereocenters. The van der Waals surface area contributed by atoms with Crippen molar-refractivity contribution >= 4 is 47.1 Å². The molecule has 9 N–H and O–H groups in total. The van der Waals surface area contributed by atoms with E-state index in [-0.39, 0.29) is 22.5 Å². The topological polar surface area (TPSA) is 212 Å². The number of urea groups is 1. The number of aliphatic imine (C=N–C) groups is 1. The van der Waals surface area contributed by atoms with Gasteiger partial charge in [0.15, 0.2) is 22.5 Å². The number of nitrogens with one attached hydrogen (secondary N) is 2. The first-order chi connectivity index (χ1) is 10.2. The number of aromatic nitrogens is 2. The Balaban J connectivity index is 2.78. The van der Waals surface area contributed by atoms with Crippen molar-refractivity contribution in [3.63, 3.8) is 0 Å². The van der Waals surface area contributed by atoms with Gasteiger partial charge in [0.2, 0.25) is 5.96 Å². The molecule has 1 heterocycles. The summed E-state index contributed by atoms with van der Waals surface area (Å²) in [4.78, 5) is 43.6. The Bertz CT molecular complexity index is 661. The molecule has 12 nitrogen and oxygen atoms in total. The summed E-state index contributed by atoms with van der Waals surface area (Å²) < 4.78 is 0. The number of halogens is 1. The van der Waals surface area contributed by atoms with Gasteiger partial charge in [0.05, 0.1) is 0 Å². The van der Waals surface area contributed by atoms with Gasteiger partial charge in [-0.2, -0.15) is 4.99 Å². The molecule has 1 aromatic heterocycles. The number of hydrogen-bond acceptors (Lipinski definition) is 7. The molecule has 0 bridgehead atoms. The third kappa shape index (κ3) is 4.75. The molecule has 0 saturated heterocycles. The summed E-state index contributed by atoms with van der Waals surface area (Å²) in [6.45, 7) is -0.657. The van der Waals surface area contributed by atoms with Crippen molar-refractivity contribution in [2.75, 3.05) is 18.0 Å². The van der Waals surface area contributed by atoms with E-state index in [0.717, 1.165) is 0 Å². The van der Waals surface area contributed by atoms with Gasteiger partial charge in [-0.1, -0.05) is 11.6 Å². The molecule has 13 heteroatoms. The molecule has 0 atom stereocenters. The van der Waals surface area contributed by atoms with Crippen LogP contribution < -0.4 is 27.8 Å². The highest BCUT2D eigenvalue weighted by molar-refractivity contribution is 6.31. The second-order valence-corrected chi connectivity index (χ2v) is 4.00. The third-order valence-electron chi connectivity index (χ3n) is 1.97. The van der Waals surface area contributed by atoms with Gasteiger partial charge in [0, 0.05) is 0 Å². The Morgan fingerprint density at radius 2 is 1.86 bits per heavy atom. The smallest absolute Gasteiger partial charge is 0.344 e. The lowest BCUT2D eigenvalue weighted by Crippen LogP contribution is -2.39. The first kappa shape index (κ1) is 16.9. The SMILES string of the molecule is NC(=NC(=O)NCC(=O)O)NC(=O)c1nc(Cl)c(N)nc1N. The number of nitrogens with zero attached hydrogens (tertiary/aromatic N) is 3. The average Bonchev–Trinajstić information content (AvgIpc) is 2.40. The minimum Gasteiger partial charge on any atom is -0.480 e. The summed E-state index contributed by atoms with van der Waals surface area (Å²) in [5, 5.41) is 12.0. The lowest BCUT2D eigenvalue weighted by Gasteiger charge is -2.07. The van der Waals surface area contributed by atoms with Crippen LogP contribution in [0.25, 0.3) is 0 Å². The number of nitrogens with two attached hydrogens (primary N) is 3. The van der Waals surface area contributed by atoms with Crippen molar-refractivity contribution in [1.29, 1.82) is 0 Å². The second-order valence-electron chi connectivity index (χ2n) is 3.64. The maximum absolute atomic E-state index is 11.8. The lowest BCUT2D eigenvalue weighted by atomic mass is 10.4. The third-order valence-corrected chi connectivity index (χ3v) is 2.25. The molecule has 22 heavy (non-hydrogen) atoms. The molecular formula is C9H11ClN8O4. The van der Waals surface area contributed by atoms with Crippen molar-refractivity contribution in [2.24, 2.45) is 10.7 Å². The standard InChI is InChI=1S/C9H11ClN8O4/c10-4-6(12)16-5(11)3(15-4)7(21)17-8(13)18-9(22)14-1-2(19)20/h1H2,(H,19,20)(H4,11,12,16)(H4,13,14,17,18,21,22). The summed E-state index contributed by atoms with van der Waals surface area (Å²) in [6, 6.07) is -1.06. The Labute approximate surface area is 127 Å². The Kier molecular flexibility index (Phi) is 5.40. The zero-order valence-electron chi connectivity index (χ0n) is 10.8. The second kappa shape index (κ2) is 7.03. The van der Waals surface area contributed by atoms with Gasteiger partial charge in [0.25, 0.3) is 5.91 Å². The Morgan fingerprint density at radius 3 is 2.45 bits per heavy atom. The van der Waals surface area contributed by atoms with Crippen molar-refractivity contribution in [3.8, 4) is 0 Å². The number of anilines is 2. The molecule has 0 aliphatic rings. The average molecular weight is 331 g/mol. The number of carboxylic acid groups (broad SMARTS) is 1. The van der Waals surface area contributed by atoms with Crippen molar-refractivity contribution in [2.45, 2.75) is 0 Å². The van der Waals surface area contributed by atoms with Crippen LogP contribution in [0.1, 0.15) is 10.5 Å². The zero-order valence-corrected chi connectivity index (χ0v) is 11.6. The largest absolute Gasteiger partial charge is 0.480 e. The van der Waals surface area contributed by atoms with Crippen LogP contribution in [-0.2, 0) is 4.79 Å². The van der Waals surface area contributed by atoms with E-state index < -0.39 is 30.4 Å². The number of guanidine groups is 1. The van der Waals surface area contributed by atoms with Gasteiger partial charge in [-0.3, -0.25) is 14.9 Å². The van der Waals surface area contributed by atoms with Crippen LogP contribution in [0.5, 0.6) is 0 Å². The van der Waals surface area contributed by atoms with Crippen LogP contribution in [0.4, 0.5) is 16.4 Å². The first-order valence-electron chi connectivity index (χ1n) is 5.44. The number of hydrogen-bond donors (Lipinski definition) is 6. The summed E-state index contributed by atoms with van der Waals surface area (Å²) in [7, 11) is 0. The van der Waals surface area contributed by atoms with Gasteiger partial charge in [-0.05, 0) is 0 Å². The van der Waals surface area contributed by atoms with Crippen LogP contribution in [-0.4, -0.2) is 45.5 Å². The molecule has 1 rings (SSSR count). The van der Waals surface area contributed by atoms with E-state index in [1.807, 2.05) is 10.6 Å². The van der Waals surface area contributed by atoms with Crippen LogP contribution in [0, 0.1) is 0 Å². The maximum atomic E-state index is 11.8. The van der Waals surface area contributed by atoms with E-state index in [4.69, 9.17) is 33.9 Å². The van der Waals surface area contributed by atoms with E-state index >= 15 is 0 Å². The monoisotopic (exact) mass is 330 g/mol. The van der Waals surface area contributed by atoms with Crippen molar-refractivity contribution in [3.05, 3.63) is 10.8 Å². The molecule has 0 aromatic carbocycles. The highest BCUT2D eigenvalue weighted by Crippen LogP contribution is 2.16. The highest BCUT2D eigenvalue weighted by Gasteiger charge is 2.17. The highest BCUT2D eigenvalue weighted by atomic mass is 35.5. The molecule has 0 saturated carbocycles. The molecule has 0 spiro atoms. The van der Waals surface area contributed by atoms with Gasteiger partial charge < -0.3 is 27.6 Å². The quantitative estimate of drug-likeness (QED) is 0.270. The molecule has 0 fully saturated rings. The summed E-state index contributed by atoms with van der Waals surface area (Å²) in [5.41, 5.74) is 15.7. The fraction of sp³-hybridized carbons (Fsp3) is 0.111. The zero-order chi connectivity index (χ0) is 16.9. The molecule has 3 amide bonds. The van der Waals surface area contributed by atoms with Gasteiger partial charge in [-0.15, -0.1) is 0 Å². The minimum absolute atomic E-state index is 0.162. The van der Waals surface area contributed by atoms with E-state index in [9.17, 15) is 14.4 Å². The number of nitrogen functional groups attached to an aromatic ring is 2. The van der Waals surface area contributed by atoms with Gasteiger partial charge in [0.1, 0.15) is 6.54 Å². The Hall–Kier alpha value is -3.15. The van der Waals surface area contributed by atoms with Crippen LogP contribution in [0.15, 0.2) is 4.99 Å². The van der Waals surface area contributed by atoms with Crippen LogP contribution in [0.3, 0.4) is 0 Å². The molecule has 0 radical (unpaired) electrons. The van der Waals surface area contributed by atoms with E-state index in [2.05, 4.69) is 15.0 Å². The van der Waals surface area contributed by atoms with E-state index in [1.54, 1.807) is 0 Å². The molecule has 0 aliphatic carbocycles. The fourth-order valence-corrected chi connectivity index (χ4v) is 1.24. The minimum atomic E-state index is -1.27. The molecule has 0 aliphatic heterocycles. The summed E-state index contributed by atoms with van der Waals surface area (Å²) in [5.74, 6) is -3.28. The predicted octanol–water partition coefficient (Wildman–Crippen LogP) is -1.87. The fourth-order valence-electron chi connectivity index (χ4n) is 1.11. The number of carbonyl (C=O) groups excluding carboxylic acids is 2. The lowest BCUT2D eigenvalue weighted by molar-refractivity contribution is -0.135. The number of amides is 3.